The number of hydrogen-bond donors (Lipinski definition) is 0. The molecular weight excluding hydrogens is 224 g/mol. The van der Waals surface area contributed by atoms with Crippen LogP contribution in [0.25, 0.3) is 0 Å². The van der Waals surface area contributed by atoms with E-state index in [2.05, 4.69) is 32.0 Å². The highest BCUT2D eigenvalue weighted by Gasteiger charge is 2.36. The molecule has 18 heavy (non-hydrogen) atoms. The van der Waals surface area contributed by atoms with Gasteiger partial charge >= 0.3 is 0 Å². The highest BCUT2D eigenvalue weighted by atomic mass is 16.6. The molecule has 0 spiro atoms. The van der Waals surface area contributed by atoms with Crippen LogP contribution >= 0.6 is 0 Å². The van der Waals surface area contributed by atoms with Gasteiger partial charge in [0.05, 0.1) is 18.8 Å². The van der Waals surface area contributed by atoms with Gasteiger partial charge in [0.15, 0.2) is 0 Å². The maximum Gasteiger partial charge on any atom is 0.122 e. The Labute approximate surface area is 110 Å². The molecule has 1 aromatic rings. The van der Waals surface area contributed by atoms with Crippen LogP contribution in [0.5, 0.6) is 5.75 Å². The van der Waals surface area contributed by atoms with Crippen LogP contribution in [0.4, 0.5) is 0 Å². The van der Waals surface area contributed by atoms with Crippen molar-refractivity contribution in [1.82, 2.24) is 0 Å². The van der Waals surface area contributed by atoms with Crippen molar-refractivity contribution >= 4 is 0 Å². The van der Waals surface area contributed by atoms with Gasteiger partial charge in [0.25, 0.3) is 0 Å². The molecule has 1 heterocycles. The highest BCUT2D eigenvalue weighted by molar-refractivity contribution is 5.37. The van der Waals surface area contributed by atoms with E-state index in [9.17, 15) is 0 Å². The Bertz CT molecular complexity index is 387. The van der Waals surface area contributed by atoms with Crippen LogP contribution in [-0.4, -0.2) is 18.8 Å². The van der Waals surface area contributed by atoms with Gasteiger partial charge in [0.1, 0.15) is 5.75 Å². The number of epoxide rings is 1. The first kappa shape index (κ1) is 13.4. The molecule has 100 valence electrons. The van der Waals surface area contributed by atoms with Crippen molar-refractivity contribution in [2.24, 2.45) is 0 Å². The Morgan fingerprint density at radius 1 is 1.17 bits per heavy atom. The number of benzene rings is 1. The molecule has 2 rings (SSSR count). The molecule has 0 bridgehead atoms. The third-order valence-corrected chi connectivity index (χ3v) is 3.62. The smallest absolute Gasteiger partial charge is 0.122 e. The van der Waals surface area contributed by atoms with Crippen molar-refractivity contribution in [3.63, 3.8) is 0 Å². The lowest BCUT2D eigenvalue weighted by Crippen LogP contribution is -2.01. The highest BCUT2D eigenvalue weighted by Crippen LogP contribution is 2.31. The van der Waals surface area contributed by atoms with Gasteiger partial charge in [-0.3, -0.25) is 0 Å². The van der Waals surface area contributed by atoms with E-state index >= 15 is 0 Å². The normalized spacial score (nSPS) is 21.9. The Balaban J connectivity index is 1.99. The van der Waals surface area contributed by atoms with E-state index in [0.717, 1.165) is 38.0 Å². The second kappa shape index (κ2) is 6.24. The molecule has 1 aromatic carbocycles. The fourth-order valence-electron chi connectivity index (χ4n) is 2.43. The Morgan fingerprint density at radius 3 is 2.61 bits per heavy atom. The average Bonchev–Trinajstić information content (AvgIpc) is 3.16. The maximum atomic E-state index is 5.70. The predicted molar refractivity (Wildman–Crippen MR) is 74.3 cm³/mol. The van der Waals surface area contributed by atoms with Gasteiger partial charge in [-0.2, -0.15) is 0 Å². The SMILES string of the molecule is CCOc1ccc(CC)cc1CCC1OC1CC. The maximum absolute atomic E-state index is 5.70. The van der Waals surface area contributed by atoms with E-state index in [-0.39, 0.29) is 0 Å². The lowest BCUT2D eigenvalue weighted by molar-refractivity contribution is 0.333. The standard InChI is InChI=1S/C16H24O2/c1-4-12-7-9-15(17-6-3)13(11-12)8-10-16-14(5-2)18-16/h7,9,11,14,16H,4-6,8,10H2,1-3H3. The zero-order valence-corrected chi connectivity index (χ0v) is 11.7. The molecule has 2 heteroatoms. The van der Waals surface area contributed by atoms with Crippen molar-refractivity contribution in [2.45, 2.75) is 58.7 Å². The monoisotopic (exact) mass is 248 g/mol. The molecule has 2 unspecified atom stereocenters. The van der Waals surface area contributed by atoms with Crippen LogP contribution < -0.4 is 4.74 Å². The van der Waals surface area contributed by atoms with Crippen molar-refractivity contribution < 1.29 is 9.47 Å². The van der Waals surface area contributed by atoms with E-state index in [1.807, 2.05) is 6.92 Å². The summed E-state index contributed by atoms with van der Waals surface area (Å²) in [5.41, 5.74) is 2.72. The molecule has 0 aliphatic carbocycles. The fourth-order valence-corrected chi connectivity index (χ4v) is 2.43. The molecule has 0 amide bonds. The second-order valence-corrected chi connectivity index (χ2v) is 4.89. The Hall–Kier alpha value is -1.02. The largest absolute Gasteiger partial charge is 0.494 e. The van der Waals surface area contributed by atoms with Gasteiger partial charge in [-0.05, 0) is 49.8 Å². The molecule has 2 atom stereocenters. The van der Waals surface area contributed by atoms with Crippen molar-refractivity contribution in [3.05, 3.63) is 29.3 Å². The van der Waals surface area contributed by atoms with E-state index in [4.69, 9.17) is 9.47 Å². The van der Waals surface area contributed by atoms with Gasteiger partial charge in [0, 0.05) is 0 Å². The number of hydrogen-bond acceptors (Lipinski definition) is 2. The topological polar surface area (TPSA) is 21.8 Å². The summed E-state index contributed by atoms with van der Waals surface area (Å²) in [6.45, 7) is 7.15. The first-order chi connectivity index (χ1) is 8.78. The van der Waals surface area contributed by atoms with E-state index < -0.39 is 0 Å². The molecule has 1 saturated heterocycles. The quantitative estimate of drug-likeness (QED) is 0.685. The first-order valence-electron chi connectivity index (χ1n) is 7.18. The van der Waals surface area contributed by atoms with Crippen LogP contribution in [0.2, 0.25) is 0 Å². The van der Waals surface area contributed by atoms with Gasteiger partial charge in [-0.15, -0.1) is 0 Å². The van der Waals surface area contributed by atoms with Crippen LogP contribution in [0.3, 0.4) is 0 Å². The van der Waals surface area contributed by atoms with Crippen molar-refractivity contribution in [3.8, 4) is 5.75 Å². The number of aryl methyl sites for hydroxylation is 2. The van der Waals surface area contributed by atoms with Gasteiger partial charge < -0.3 is 9.47 Å². The van der Waals surface area contributed by atoms with E-state index in [1.165, 1.54) is 11.1 Å². The average molecular weight is 248 g/mol. The molecule has 1 fully saturated rings. The molecule has 1 aliphatic heterocycles. The lowest BCUT2D eigenvalue weighted by Gasteiger charge is -2.11. The zero-order chi connectivity index (χ0) is 13.0. The third-order valence-electron chi connectivity index (χ3n) is 3.62. The Morgan fingerprint density at radius 2 is 2.00 bits per heavy atom. The molecule has 0 N–H and O–H groups in total. The molecule has 0 radical (unpaired) electrons. The van der Waals surface area contributed by atoms with E-state index in [1.54, 1.807) is 0 Å². The summed E-state index contributed by atoms with van der Waals surface area (Å²) in [7, 11) is 0. The minimum absolute atomic E-state index is 0.481. The molecule has 1 aliphatic rings. The van der Waals surface area contributed by atoms with Crippen molar-refractivity contribution in [2.75, 3.05) is 6.61 Å². The lowest BCUT2D eigenvalue weighted by atomic mass is 10.0. The number of rotatable bonds is 7. The van der Waals surface area contributed by atoms with Crippen molar-refractivity contribution in [1.29, 1.82) is 0 Å². The predicted octanol–water partition coefficient (Wildman–Crippen LogP) is 3.76. The van der Waals surface area contributed by atoms with Crippen LogP contribution in [0.1, 0.15) is 44.7 Å². The molecular formula is C16H24O2. The fraction of sp³-hybridized carbons (Fsp3) is 0.625. The Kier molecular flexibility index (Phi) is 4.65. The van der Waals surface area contributed by atoms with Gasteiger partial charge in [-0.1, -0.05) is 26.0 Å². The molecule has 0 saturated carbocycles. The summed E-state index contributed by atoms with van der Waals surface area (Å²) < 4.78 is 11.3. The number of ether oxygens (including phenoxy) is 2. The van der Waals surface area contributed by atoms with Crippen LogP contribution in [-0.2, 0) is 17.6 Å². The summed E-state index contributed by atoms with van der Waals surface area (Å²) in [4.78, 5) is 0. The molecule has 0 aromatic heterocycles. The summed E-state index contributed by atoms with van der Waals surface area (Å²) in [6, 6.07) is 6.56. The summed E-state index contributed by atoms with van der Waals surface area (Å²) in [5.74, 6) is 1.04. The van der Waals surface area contributed by atoms with Gasteiger partial charge in [-0.25, -0.2) is 0 Å². The summed E-state index contributed by atoms with van der Waals surface area (Å²) >= 11 is 0. The van der Waals surface area contributed by atoms with E-state index in [0.29, 0.717) is 12.2 Å². The van der Waals surface area contributed by atoms with Crippen LogP contribution in [0, 0.1) is 0 Å². The second-order valence-electron chi connectivity index (χ2n) is 4.89. The first-order valence-corrected chi connectivity index (χ1v) is 7.18. The zero-order valence-electron chi connectivity index (χ0n) is 11.7. The third kappa shape index (κ3) is 3.26. The van der Waals surface area contributed by atoms with Gasteiger partial charge in [0.2, 0.25) is 0 Å². The molecule has 2 nitrogen and oxygen atoms in total. The summed E-state index contributed by atoms with van der Waals surface area (Å²) in [6.07, 6.45) is 5.38. The minimum Gasteiger partial charge on any atom is -0.494 e. The van der Waals surface area contributed by atoms with Crippen LogP contribution in [0.15, 0.2) is 18.2 Å². The summed E-state index contributed by atoms with van der Waals surface area (Å²) in [5, 5.41) is 0. The minimum atomic E-state index is 0.481.